The summed E-state index contributed by atoms with van der Waals surface area (Å²) >= 11 is 0. The van der Waals surface area contributed by atoms with Crippen LogP contribution in [0.15, 0.2) is 5.16 Å². The van der Waals surface area contributed by atoms with Crippen LogP contribution in [0, 0.1) is 17.3 Å². The van der Waals surface area contributed by atoms with Crippen LogP contribution in [0.3, 0.4) is 0 Å². The van der Waals surface area contributed by atoms with Gasteiger partial charge < -0.3 is 16.3 Å². The van der Waals surface area contributed by atoms with E-state index in [-0.39, 0.29) is 17.7 Å². The van der Waals surface area contributed by atoms with Gasteiger partial charge in [-0.05, 0) is 43.9 Å². The van der Waals surface area contributed by atoms with Crippen LogP contribution in [-0.4, -0.2) is 23.0 Å². The minimum Gasteiger partial charge on any atom is -0.409 e. The summed E-state index contributed by atoms with van der Waals surface area (Å²) < 4.78 is 0. The lowest BCUT2D eigenvalue weighted by molar-refractivity contribution is -0.126. The third-order valence-electron chi connectivity index (χ3n) is 4.24. The van der Waals surface area contributed by atoms with Crippen molar-refractivity contribution in [2.45, 2.75) is 59.4 Å². The number of carbonyl (C=O) groups is 1. The Morgan fingerprint density at radius 3 is 2.26 bits per heavy atom. The minimum absolute atomic E-state index is 0.0199. The molecule has 110 valence electrons. The van der Waals surface area contributed by atoms with Crippen molar-refractivity contribution >= 4 is 11.7 Å². The van der Waals surface area contributed by atoms with Crippen molar-refractivity contribution in [3.05, 3.63) is 0 Å². The zero-order valence-corrected chi connectivity index (χ0v) is 12.4. The third kappa shape index (κ3) is 4.40. The third-order valence-corrected chi connectivity index (χ3v) is 4.24. The summed E-state index contributed by atoms with van der Waals surface area (Å²) in [7, 11) is 0. The van der Waals surface area contributed by atoms with Gasteiger partial charge in [0.25, 0.3) is 0 Å². The van der Waals surface area contributed by atoms with E-state index >= 15 is 0 Å². The quantitative estimate of drug-likeness (QED) is 0.317. The molecule has 1 atom stereocenters. The molecular formula is C14H27N3O2. The smallest absolute Gasteiger partial charge is 0.223 e. The number of nitrogens with one attached hydrogen (secondary N) is 1. The highest BCUT2D eigenvalue weighted by molar-refractivity contribution is 5.90. The largest absolute Gasteiger partial charge is 0.409 e. The molecular weight excluding hydrogens is 242 g/mol. The molecule has 0 aromatic heterocycles. The summed E-state index contributed by atoms with van der Waals surface area (Å²) in [4.78, 5) is 12.1. The van der Waals surface area contributed by atoms with Crippen molar-refractivity contribution in [2.24, 2.45) is 28.1 Å². The first-order chi connectivity index (χ1) is 8.75. The van der Waals surface area contributed by atoms with E-state index < -0.39 is 6.04 Å². The van der Waals surface area contributed by atoms with Crippen LogP contribution < -0.4 is 11.1 Å². The predicted molar refractivity (Wildman–Crippen MR) is 75.9 cm³/mol. The van der Waals surface area contributed by atoms with Crippen molar-refractivity contribution in [1.82, 2.24) is 5.32 Å². The Bertz CT molecular complexity index is 339. The highest BCUT2D eigenvalue weighted by atomic mass is 16.4. The van der Waals surface area contributed by atoms with Crippen molar-refractivity contribution in [3.63, 3.8) is 0 Å². The lowest BCUT2D eigenvalue weighted by Gasteiger charge is -2.36. The van der Waals surface area contributed by atoms with Crippen LogP contribution in [0.4, 0.5) is 0 Å². The minimum atomic E-state index is -0.419. The van der Waals surface area contributed by atoms with E-state index in [0.29, 0.717) is 11.3 Å². The number of hydrogen-bond acceptors (Lipinski definition) is 3. The molecule has 1 saturated carbocycles. The van der Waals surface area contributed by atoms with Crippen LogP contribution in [0.25, 0.3) is 0 Å². The molecule has 0 radical (unpaired) electrons. The SMILES string of the molecule is CC(NC(=O)C1CCC(C(C)(C)C)CC1)C(N)=NO. The number of oxime groups is 1. The van der Waals surface area contributed by atoms with Crippen molar-refractivity contribution in [3.8, 4) is 0 Å². The van der Waals surface area contributed by atoms with Gasteiger partial charge in [-0.1, -0.05) is 25.9 Å². The molecule has 1 aliphatic rings. The Hall–Kier alpha value is -1.26. The van der Waals surface area contributed by atoms with Gasteiger partial charge in [0, 0.05) is 5.92 Å². The normalized spacial score (nSPS) is 26.8. The number of hydrogen-bond donors (Lipinski definition) is 3. The molecule has 1 amide bonds. The molecule has 0 aromatic rings. The Morgan fingerprint density at radius 2 is 1.84 bits per heavy atom. The Morgan fingerprint density at radius 1 is 1.32 bits per heavy atom. The second kappa shape index (κ2) is 6.26. The molecule has 1 unspecified atom stereocenters. The van der Waals surface area contributed by atoms with Gasteiger partial charge >= 0.3 is 0 Å². The van der Waals surface area contributed by atoms with Crippen LogP contribution in [0.1, 0.15) is 53.4 Å². The molecule has 0 aliphatic heterocycles. The molecule has 5 nitrogen and oxygen atoms in total. The van der Waals surface area contributed by atoms with Gasteiger partial charge in [0.2, 0.25) is 5.91 Å². The van der Waals surface area contributed by atoms with Crippen LogP contribution in [-0.2, 0) is 4.79 Å². The molecule has 0 aromatic carbocycles. The summed E-state index contributed by atoms with van der Waals surface area (Å²) in [6.07, 6.45) is 4.05. The number of nitrogens with zero attached hydrogens (tertiary/aromatic N) is 1. The number of amides is 1. The van der Waals surface area contributed by atoms with E-state index in [0.717, 1.165) is 25.7 Å². The number of nitrogens with two attached hydrogens (primary N) is 1. The monoisotopic (exact) mass is 269 g/mol. The van der Waals surface area contributed by atoms with Crippen molar-refractivity contribution in [2.75, 3.05) is 0 Å². The first kappa shape index (κ1) is 15.8. The Labute approximate surface area is 115 Å². The summed E-state index contributed by atoms with van der Waals surface area (Å²) in [5.74, 6) is 0.814. The van der Waals surface area contributed by atoms with Crippen LogP contribution in [0.5, 0.6) is 0 Å². The fraction of sp³-hybridized carbons (Fsp3) is 0.857. The molecule has 0 heterocycles. The molecule has 0 spiro atoms. The summed E-state index contributed by atoms with van der Waals surface area (Å²) in [6, 6.07) is -0.419. The second-order valence-corrected chi connectivity index (χ2v) is 6.67. The average molecular weight is 269 g/mol. The van der Waals surface area contributed by atoms with Crippen molar-refractivity contribution < 1.29 is 10.0 Å². The maximum Gasteiger partial charge on any atom is 0.223 e. The van der Waals surface area contributed by atoms with E-state index in [4.69, 9.17) is 10.9 Å². The number of amidine groups is 1. The topological polar surface area (TPSA) is 87.7 Å². The Kier molecular flexibility index (Phi) is 5.20. The lowest BCUT2D eigenvalue weighted by Crippen LogP contribution is -2.45. The number of carbonyl (C=O) groups excluding carboxylic acids is 1. The maximum absolute atomic E-state index is 12.1. The van der Waals surface area contributed by atoms with Gasteiger partial charge in [-0.3, -0.25) is 4.79 Å². The lowest BCUT2D eigenvalue weighted by atomic mass is 9.69. The van der Waals surface area contributed by atoms with Gasteiger partial charge in [0.1, 0.15) is 0 Å². The molecule has 5 heteroatoms. The molecule has 19 heavy (non-hydrogen) atoms. The van der Waals surface area contributed by atoms with E-state index in [9.17, 15) is 4.79 Å². The molecule has 1 fully saturated rings. The van der Waals surface area contributed by atoms with Gasteiger partial charge in [-0.25, -0.2) is 0 Å². The van der Waals surface area contributed by atoms with Crippen LogP contribution >= 0.6 is 0 Å². The summed E-state index contributed by atoms with van der Waals surface area (Å²) in [6.45, 7) is 8.50. The average Bonchev–Trinajstić information content (AvgIpc) is 2.36. The van der Waals surface area contributed by atoms with E-state index in [1.165, 1.54) is 0 Å². The Balaban J connectivity index is 2.45. The van der Waals surface area contributed by atoms with Gasteiger partial charge in [-0.15, -0.1) is 0 Å². The fourth-order valence-electron chi connectivity index (χ4n) is 2.71. The van der Waals surface area contributed by atoms with Gasteiger partial charge in [0.15, 0.2) is 5.84 Å². The molecule has 0 bridgehead atoms. The molecule has 0 saturated heterocycles. The van der Waals surface area contributed by atoms with E-state index in [1.807, 2.05) is 0 Å². The standard InChI is InChI=1S/C14H27N3O2/c1-9(12(15)17-19)16-13(18)10-5-7-11(8-6-10)14(2,3)4/h9-11,19H,5-8H2,1-4H3,(H2,15,17)(H,16,18). The van der Waals surface area contributed by atoms with Gasteiger partial charge in [0.05, 0.1) is 6.04 Å². The first-order valence-corrected chi connectivity index (χ1v) is 7.03. The molecule has 1 aliphatic carbocycles. The maximum atomic E-state index is 12.1. The predicted octanol–water partition coefficient (Wildman–Crippen LogP) is 2.09. The van der Waals surface area contributed by atoms with Crippen molar-refractivity contribution in [1.29, 1.82) is 0 Å². The highest BCUT2D eigenvalue weighted by Crippen LogP contribution is 2.39. The molecule has 4 N–H and O–H groups in total. The summed E-state index contributed by atoms with van der Waals surface area (Å²) in [5.41, 5.74) is 5.78. The van der Waals surface area contributed by atoms with Gasteiger partial charge in [-0.2, -0.15) is 0 Å². The second-order valence-electron chi connectivity index (χ2n) is 6.67. The molecule has 1 rings (SSSR count). The zero-order chi connectivity index (χ0) is 14.6. The number of rotatable bonds is 3. The summed E-state index contributed by atoms with van der Waals surface area (Å²) in [5, 5.41) is 14.3. The first-order valence-electron chi connectivity index (χ1n) is 7.03. The van der Waals surface area contributed by atoms with E-state index in [2.05, 4.69) is 31.2 Å². The fourth-order valence-corrected chi connectivity index (χ4v) is 2.71. The highest BCUT2D eigenvalue weighted by Gasteiger charge is 2.32. The van der Waals surface area contributed by atoms with Crippen LogP contribution in [0.2, 0.25) is 0 Å². The zero-order valence-electron chi connectivity index (χ0n) is 12.4. The van der Waals surface area contributed by atoms with E-state index in [1.54, 1.807) is 6.92 Å².